The second-order valence-corrected chi connectivity index (χ2v) is 5.60. The van der Waals surface area contributed by atoms with E-state index in [1.54, 1.807) is 0 Å². The molecular weight excluding hydrogens is 292 g/mol. The second-order valence-electron chi connectivity index (χ2n) is 4.75. The van der Waals surface area contributed by atoms with Crippen LogP contribution in [0, 0.1) is 6.92 Å². The second kappa shape index (κ2) is 4.48. The number of aromatic nitrogens is 3. The molecule has 94 valence electrons. The largest absolute Gasteiger partial charge is 0.325 e. The van der Waals surface area contributed by atoms with Crippen LogP contribution in [0.2, 0.25) is 0 Å². The Bertz CT molecular complexity index is 587. The van der Waals surface area contributed by atoms with E-state index in [-0.39, 0.29) is 0 Å². The molecule has 0 atom stereocenters. The summed E-state index contributed by atoms with van der Waals surface area (Å²) in [5.74, 6) is 0.582. The molecule has 1 fully saturated rings. The van der Waals surface area contributed by atoms with Crippen LogP contribution < -0.4 is 5.73 Å². The van der Waals surface area contributed by atoms with Gasteiger partial charge in [-0.3, -0.25) is 0 Å². The lowest BCUT2D eigenvalue weighted by Gasteiger charge is -2.08. The van der Waals surface area contributed by atoms with Crippen LogP contribution in [0.25, 0.3) is 5.69 Å². The summed E-state index contributed by atoms with van der Waals surface area (Å²) in [7, 11) is 0. The van der Waals surface area contributed by atoms with Crippen molar-refractivity contribution < 1.29 is 0 Å². The SMILES string of the molecule is Cc1ccc(-n2nnc(CN)c2C2CC2)cc1Br. The van der Waals surface area contributed by atoms with Gasteiger partial charge >= 0.3 is 0 Å². The van der Waals surface area contributed by atoms with Crippen LogP contribution in [-0.4, -0.2) is 15.0 Å². The van der Waals surface area contributed by atoms with E-state index in [0.29, 0.717) is 12.5 Å². The smallest absolute Gasteiger partial charge is 0.100 e. The van der Waals surface area contributed by atoms with E-state index < -0.39 is 0 Å². The van der Waals surface area contributed by atoms with Crippen LogP contribution in [0.5, 0.6) is 0 Å². The van der Waals surface area contributed by atoms with Crippen molar-refractivity contribution in [2.45, 2.75) is 32.2 Å². The predicted octanol–water partition coefficient (Wildman–Crippen LogP) is 2.67. The molecule has 2 N–H and O–H groups in total. The third kappa shape index (κ3) is 1.97. The first kappa shape index (κ1) is 11.9. The van der Waals surface area contributed by atoms with Gasteiger partial charge in [-0.2, -0.15) is 0 Å². The average molecular weight is 307 g/mol. The zero-order chi connectivity index (χ0) is 12.7. The Kier molecular flexibility index (Phi) is 2.95. The Hall–Kier alpha value is -1.20. The molecule has 0 bridgehead atoms. The van der Waals surface area contributed by atoms with Gasteiger partial charge in [-0.1, -0.05) is 27.2 Å². The summed E-state index contributed by atoms with van der Waals surface area (Å²) < 4.78 is 3.02. The average Bonchev–Trinajstić information content (AvgIpc) is 3.12. The third-order valence-electron chi connectivity index (χ3n) is 3.34. The van der Waals surface area contributed by atoms with Gasteiger partial charge in [-0.15, -0.1) is 5.10 Å². The molecule has 3 rings (SSSR count). The van der Waals surface area contributed by atoms with Crippen LogP contribution in [0.1, 0.15) is 35.7 Å². The molecule has 1 aliphatic carbocycles. The molecule has 4 nitrogen and oxygen atoms in total. The summed E-state index contributed by atoms with van der Waals surface area (Å²) in [5.41, 5.74) is 10.1. The summed E-state index contributed by atoms with van der Waals surface area (Å²) in [6.07, 6.45) is 2.43. The number of nitrogens with two attached hydrogens (primary N) is 1. The van der Waals surface area contributed by atoms with Gasteiger partial charge in [-0.25, -0.2) is 4.68 Å². The molecule has 18 heavy (non-hydrogen) atoms. The first-order valence-corrected chi connectivity index (χ1v) is 6.91. The Morgan fingerprint density at radius 1 is 1.44 bits per heavy atom. The first-order chi connectivity index (χ1) is 8.70. The van der Waals surface area contributed by atoms with Crippen molar-refractivity contribution in [1.82, 2.24) is 15.0 Å². The van der Waals surface area contributed by atoms with Crippen LogP contribution in [0.4, 0.5) is 0 Å². The summed E-state index contributed by atoms with van der Waals surface area (Å²) in [4.78, 5) is 0. The molecule has 0 aliphatic heterocycles. The number of hydrogen-bond donors (Lipinski definition) is 1. The highest BCUT2D eigenvalue weighted by Gasteiger charge is 2.31. The fourth-order valence-corrected chi connectivity index (χ4v) is 2.50. The Balaban J connectivity index is 2.10. The highest BCUT2D eigenvalue weighted by atomic mass is 79.9. The van der Waals surface area contributed by atoms with E-state index in [4.69, 9.17) is 5.73 Å². The van der Waals surface area contributed by atoms with Gasteiger partial charge < -0.3 is 5.73 Å². The molecule has 0 amide bonds. The zero-order valence-corrected chi connectivity index (χ0v) is 11.8. The topological polar surface area (TPSA) is 56.7 Å². The van der Waals surface area contributed by atoms with E-state index in [2.05, 4.69) is 51.4 Å². The van der Waals surface area contributed by atoms with E-state index >= 15 is 0 Å². The molecular formula is C13H15BrN4. The number of hydrogen-bond acceptors (Lipinski definition) is 3. The van der Waals surface area contributed by atoms with Crippen LogP contribution >= 0.6 is 15.9 Å². The van der Waals surface area contributed by atoms with Crippen molar-refractivity contribution in [3.8, 4) is 5.69 Å². The quantitative estimate of drug-likeness (QED) is 0.948. The minimum absolute atomic E-state index is 0.457. The van der Waals surface area contributed by atoms with Gasteiger partial charge in [0.25, 0.3) is 0 Å². The molecule has 0 spiro atoms. The molecule has 1 saturated carbocycles. The fourth-order valence-electron chi connectivity index (χ4n) is 2.14. The number of aryl methyl sites for hydroxylation is 1. The molecule has 1 heterocycles. The van der Waals surface area contributed by atoms with E-state index in [1.807, 2.05) is 4.68 Å². The molecule has 1 aliphatic rings. The maximum absolute atomic E-state index is 5.74. The summed E-state index contributed by atoms with van der Waals surface area (Å²) in [6, 6.07) is 6.23. The van der Waals surface area contributed by atoms with Gasteiger partial charge in [0.05, 0.1) is 11.4 Å². The van der Waals surface area contributed by atoms with Crippen molar-refractivity contribution in [3.05, 3.63) is 39.6 Å². The van der Waals surface area contributed by atoms with Crippen molar-refractivity contribution in [3.63, 3.8) is 0 Å². The standard InChI is InChI=1S/C13H15BrN4/c1-8-2-5-10(6-11(8)14)18-13(9-3-4-9)12(7-15)16-17-18/h2,5-6,9H,3-4,7,15H2,1H3. The normalized spacial score (nSPS) is 15.1. The maximum Gasteiger partial charge on any atom is 0.100 e. The Labute approximate surface area is 114 Å². The molecule has 0 unspecified atom stereocenters. The van der Waals surface area contributed by atoms with Gasteiger partial charge in [0.2, 0.25) is 0 Å². The van der Waals surface area contributed by atoms with Gasteiger partial charge in [0, 0.05) is 16.9 Å². The summed E-state index contributed by atoms with van der Waals surface area (Å²) in [6.45, 7) is 2.53. The first-order valence-electron chi connectivity index (χ1n) is 6.11. The lowest BCUT2D eigenvalue weighted by Crippen LogP contribution is -2.05. The molecule has 2 aromatic rings. The highest BCUT2D eigenvalue weighted by molar-refractivity contribution is 9.10. The third-order valence-corrected chi connectivity index (χ3v) is 4.19. The molecule has 0 saturated heterocycles. The maximum atomic E-state index is 5.74. The van der Waals surface area contributed by atoms with Crippen LogP contribution in [-0.2, 0) is 6.54 Å². The predicted molar refractivity (Wildman–Crippen MR) is 73.7 cm³/mol. The highest BCUT2D eigenvalue weighted by Crippen LogP contribution is 2.42. The van der Waals surface area contributed by atoms with Crippen molar-refractivity contribution >= 4 is 15.9 Å². The number of nitrogens with zero attached hydrogens (tertiary/aromatic N) is 3. The summed E-state index contributed by atoms with van der Waals surface area (Å²) in [5, 5.41) is 8.45. The Morgan fingerprint density at radius 2 is 2.22 bits per heavy atom. The van der Waals surface area contributed by atoms with Gasteiger partial charge in [-0.05, 0) is 37.5 Å². The number of rotatable bonds is 3. The van der Waals surface area contributed by atoms with Crippen molar-refractivity contribution in [1.29, 1.82) is 0 Å². The fraction of sp³-hybridized carbons (Fsp3) is 0.385. The molecule has 5 heteroatoms. The zero-order valence-electron chi connectivity index (χ0n) is 10.2. The summed E-state index contributed by atoms with van der Waals surface area (Å²) >= 11 is 3.56. The van der Waals surface area contributed by atoms with Crippen molar-refractivity contribution in [2.75, 3.05) is 0 Å². The van der Waals surface area contributed by atoms with Crippen LogP contribution in [0.3, 0.4) is 0 Å². The van der Waals surface area contributed by atoms with Gasteiger partial charge in [0.1, 0.15) is 5.69 Å². The van der Waals surface area contributed by atoms with Crippen LogP contribution in [0.15, 0.2) is 22.7 Å². The molecule has 0 radical (unpaired) electrons. The van der Waals surface area contributed by atoms with E-state index in [0.717, 1.165) is 15.9 Å². The van der Waals surface area contributed by atoms with E-state index in [1.165, 1.54) is 24.1 Å². The number of halogens is 1. The molecule has 1 aromatic carbocycles. The molecule has 1 aromatic heterocycles. The van der Waals surface area contributed by atoms with Gasteiger partial charge in [0.15, 0.2) is 0 Å². The lowest BCUT2D eigenvalue weighted by atomic mass is 10.2. The lowest BCUT2D eigenvalue weighted by molar-refractivity contribution is 0.763. The minimum Gasteiger partial charge on any atom is -0.325 e. The monoisotopic (exact) mass is 306 g/mol. The van der Waals surface area contributed by atoms with Crippen molar-refractivity contribution in [2.24, 2.45) is 5.73 Å². The minimum atomic E-state index is 0.457. The Morgan fingerprint density at radius 3 is 2.83 bits per heavy atom. The number of benzene rings is 1. The van der Waals surface area contributed by atoms with E-state index in [9.17, 15) is 0 Å².